The second-order valence-corrected chi connectivity index (χ2v) is 6.25. The zero-order valence-corrected chi connectivity index (χ0v) is 14.4. The fourth-order valence-corrected chi connectivity index (χ4v) is 2.78. The molecule has 0 saturated carbocycles. The summed E-state index contributed by atoms with van der Waals surface area (Å²) in [7, 11) is 4.07. The Morgan fingerprint density at radius 2 is 1.88 bits per heavy atom. The van der Waals surface area contributed by atoms with Gasteiger partial charge in [0.15, 0.2) is 0 Å². The Hall–Kier alpha value is -2.63. The smallest absolute Gasteiger partial charge is 0.336 e. The summed E-state index contributed by atoms with van der Waals surface area (Å²) in [5.74, 6) is 0.615. The lowest BCUT2D eigenvalue weighted by atomic mass is 10.1. The highest BCUT2D eigenvalue weighted by Crippen LogP contribution is 2.23. The average molecular weight is 339 g/mol. The molecule has 0 bridgehead atoms. The van der Waals surface area contributed by atoms with Crippen LogP contribution in [0.15, 0.2) is 57.7 Å². The number of hydrogen-bond acceptors (Lipinski definition) is 5. The first kappa shape index (κ1) is 17.2. The van der Waals surface area contributed by atoms with Crippen LogP contribution in [0.3, 0.4) is 0 Å². The topological polar surface area (TPSA) is 62.9 Å². The average Bonchev–Trinajstić information content (AvgIpc) is 2.58. The number of hydrogen-bond donors (Lipinski definition) is 1. The van der Waals surface area contributed by atoms with Gasteiger partial charge in [0.05, 0.1) is 6.61 Å². The van der Waals surface area contributed by atoms with Crippen LogP contribution < -0.4 is 10.4 Å². The second-order valence-electron chi connectivity index (χ2n) is 6.25. The molecule has 0 radical (unpaired) electrons. The van der Waals surface area contributed by atoms with E-state index in [0.717, 1.165) is 12.1 Å². The Bertz CT molecular complexity index is 930. The Labute approximate surface area is 146 Å². The van der Waals surface area contributed by atoms with Crippen molar-refractivity contribution in [2.75, 3.05) is 14.1 Å². The molecule has 0 spiro atoms. The van der Waals surface area contributed by atoms with Crippen molar-refractivity contribution in [1.82, 2.24) is 4.90 Å². The molecule has 0 aliphatic heterocycles. The fraction of sp³-hybridized carbons (Fsp3) is 0.250. The molecule has 3 rings (SSSR count). The molecule has 0 unspecified atom stereocenters. The van der Waals surface area contributed by atoms with Gasteiger partial charge < -0.3 is 19.2 Å². The maximum Gasteiger partial charge on any atom is 0.336 e. The Morgan fingerprint density at radius 1 is 1.08 bits per heavy atom. The molecular weight excluding hydrogens is 318 g/mol. The maximum absolute atomic E-state index is 11.6. The summed E-state index contributed by atoms with van der Waals surface area (Å²) in [5.41, 5.74) is 2.78. The van der Waals surface area contributed by atoms with Crippen LogP contribution in [0.1, 0.15) is 16.7 Å². The first-order valence-electron chi connectivity index (χ1n) is 8.08. The highest BCUT2D eigenvalue weighted by molar-refractivity contribution is 5.81. The van der Waals surface area contributed by atoms with E-state index in [4.69, 9.17) is 9.15 Å². The third-order valence-electron chi connectivity index (χ3n) is 3.87. The van der Waals surface area contributed by atoms with Gasteiger partial charge in [-0.1, -0.05) is 24.3 Å². The quantitative estimate of drug-likeness (QED) is 0.700. The molecule has 0 amide bonds. The van der Waals surface area contributed by atoms with E-state index in [2.05, 4.69) is 17.0 Å². The molecule has 130 valence electrons. The number of nitrogens with zero attached hydrogens (tertiary/aromatic N) is 1. The highest BCUT2D eigenvalue weighted by Gasteiger charge is 2.07. The van der Waals surface area contributed by atoms with Gasteiger partial charge >= 0.3 is 5.63 Å². The molecule has 2 aromatic carbocycles. The molecule has 1 aromatic heterocycles. The summed E-state index contributed by atoms with van der Waals surface area (Å²) in [6, 6.07) is 14.8. The first-order chi connectivity index (χ1) is 12.0. The van der Waals surface area contributed by atoms with Gasteiger partial charge in [0, 0.05) is 24.1 Å². The number of aliphatic hydroxyl groups is 1. The van der Waals surface area contributed by atoms with Crippen LogP contribution in [0.25, 0.3) is 11.0 Å². The molecule has 25 heavy (non-hydrogen) atoms. The van der Waals surface area contributed by atoms with Gasteiger partial charge in [-0.3, -0.25) is 0 Å². The first-order valence-corrected chi connectivity index (χ1v) is 8.08. The van der Waals surface area contributed by atoms with Crippen molar-refractivity contribution in [2.45, 2.75) is 19.8 Å². The zero-order valence-electron chi connectivity index (χ0n) is 14.4. The molecule has 0 saturated heterocycles. The summed E-state index contributed by atoms with van der Waals surface area (Å²) in [5, 5.41) is 10.1. The van der Waals surface area contributed by atoms with Crippen molar-refractivity contribution in [2.24, 2.45) is 0 Å². The van der Waals surface area contributed by atoms with Gasteiger partial charge in [-0.15, -0.1) is 0 Å². The molecule has 0 fully saturated rings. The predicted molar refractivity (Wildman–Crippen MR) is 96.6 cm³/mol. The monoisotopic (exact) mass is 339 g/mol. The van der Waals surface area contributed by atoms with Crippen molar-refractivity contribution >= 4 is 11.0 Å². The number of fused-ring (bicyclic) bond motifs is 1. The van der Waals surface area contributed by atoms with Crippen LogP contribution in [0, 0.1) is 0 Å². The van der Waals surface area contributed by atoms with Crippen molar-refractivity contribution in [1.29, 1.82) is 0 Å². The predicted octanol–water partition coefficient (Wildman–Crippen LogP) is 2.93. The van der Waals surface area contributed by atoms with Crippen LogP contribution in [-0.4, -0.2) is 24.1 Å². The van der Waals surface area contributed by atoms with E-state index in [-0.39, 0.29) is 6.61 Å². The summed E-state index contributed by atoms with van der Waals surface area (Å²) < 4.78 is 11.0. The molecule has 0 aliphatic carbocycles. The zero-order chi connectivity index (χ0) is 17.8. The van der Waals surface area contributed by atoms with Gasteiger partial charge in [0.1, 0.15) is 17.9 Å². The minimum absolute atomic E-state index is 0.207. The van der Waals surface area contributed by atoms with Gasteiger partial charge in [0.25, 0.3) is 0 Å². The summed E-state index contributed by atoms with van der Waals surface area (Å²) in [6.07, 6.45) is 0. The van der Waals surface area contributed by atoms with E-state index in [1.54, 1.807) is 12.1 Å². The molecule has 3 aromatic rings. The largest absolute Gasteiger partial charge is 0.489 e. The van der Waals surface area contributed by atoms with Gasteiger partial charge in [-0.2, -0.15) is 0 Å². The Kier molecular flexibility index (Phi) is 5.16. The second kappa shape index (κ2) is 7.51. The van der Waals surface area contributed by atoms with E-state index in [1.165, 1.54) is 11.6 Å². The van der Waals surface area contributed by atoms with Crippen LogP contribution >= 0.6 is 0 Å². The Morgan fingerprint density at radius 3 is 2.64 bits per heavy atom. The lowest BCUT2D eigenvalue weighted by Gasteiger charge is -2.12. The van der Waals surface area contributed by atoms with Crippen LogP contribution in [0.4, 0.5) is 0 Å². The SMILES string of the molecule is CN(C)Cc1cccc(COc2ccc3c(CO)cc(=O)oc3c2)c1. The minimum atomic E-state index is -0.481. The Balaban J connectivity index is 1.78. The maximum atomic E-state index is 11.6. The molecule has 5 heteroatoms. The van der Waals surface area contributed by atoms with E-state index in [1.807, 2.05) is 32.3 Å². The van der Waals surface area contributed by atoms with Gasteiger partial charge in [0.2, 0.25) is 0 Å². The van der Waals surface area contributed by atoms with E-state index in [0.29, 0.717) is 28.9 Å². The third-order valence-corrected chi connectivity index (χ3v) is 3.87. The lowest BCUT2D eigenvalue weighted by Crippen LogP contribution is -2.10. The van der Waals surface area contributed by atoms with Crippen LogP contribution in [0.5, 0.6) is 5.75 Å². The molecule has 1 N–H and O–H groups in total. The number of rotatable bonds is 6. The van der Waals surface area contributed by atoms with Crippen LogP contribution in [0.2, 0.25) is 0 Å². The summed E-state index contributed by atoms with van der Waals surface area (Å²) >= 11 is 0. The van der Waals surface area contributed by atoms with E-state index in [9.17, 15) is 9.90 Å². The van der Waals surface area contributed by atoms with Gasteiger partial charge in [-0.05, 0) is 42.9 Å². The minimum Gasteiger partial charge on any atom is -0.489 e. The van der Waals surface area contributed by atoms with Crippen molar-refractivity contribution < 1.29 is 14.3 Å². The lowest BCUT2D eigenvalue weighted by molar-refractivity contribution is 0.282. The highest BCUT2D eigenvalue weighted by atomic mass is 16.5. The van der Waals surface area contributed by atoms with E-state index >= 15 is 0 Å². The molecule has 0 aliphatic rings. The van der Waals surface area contributed by atoms with Crippen molar-refractivity contribution in [3.8, 4) is 5.75 Å². The van der Waals surface area contributed by atoms with Gasteiger partial charge in [-0.25, -0.2) is 4.79 Å². The standard InChI is InChI=1S/C20H21NO4/c1-21(2)11-14-4-3-5-15(8-14)13-24-17-6-7-18-16(12-22)9-20(23)25-19(18)10-17/h3-10,22H,11-13H2,1-2H3. The number of benzene rings is 2. The fourth-order valence-electron chi connectivity index (χ4n) is 2.78. The van der Waals surface area contributed by atoms with Crippen LogP contribution in [-0.2, 0) is 19.8 Å². The molecule has 1 heterocycles. The number of aliphatic hydroxyl groups excluding tert-OH is 1. The van der Waals surface area contributed by atoms with Crippen molar-refractivity contribution in [3.63, 3.8) is 0 Å². The third kappa shape index (κ3) is 4.26. The van der Waals surface area contributed by atoms with Crippen molar-refractivity contribution in [3.05, 3.63) is 75.6 Å². The summed E-state index contributed by atoms with van der Waals surface area (Å²) in [4.78, 5) is 13.7. The van der Waals surface area contributed by atoms with E-state index < -0.39 is 5.63 Å². The normalized spacial score (nSPS) is 11.2. The molecule has 5 nitrogen and oxygen atoms in total. The molecule has 0 atom stereocenters. The number of ether oxygens (including phenoxy) is 1. The molecular formula is C20H21NO4. The summed E-state index contributed by atoms with van der Waals surface area (Å²) in [6.45, 7) is 1.09.